The highest BCUT2D eigenvalue weighted by Gasteiger charge is 2.51. The van der Waals surface area contributed by atoms with Gasteiger partial charge in [0.05, 0.1) is 5.41 Å². The lowest BCUT2D eigenvalue weighted by molar-refractivity contribution is 0.775. The Kier molecular flexibility index (Phi) is 7.69. The molecular weight excluding hydrogens is 771 g/mol. The summed E-state index contributed by atoms with van der Waals surface area (Å²) in [7, 11) is 0. The second-order valence-corrected chi connectivity index (χ2v) is 17.3. The van der Waals surface area contributed by atoms with Crippen molar-refractivity contribution in [2.24, 2.45) is 0 Å². The Balaban J connectivity index is 1.18. The number of nitrogens with zero attached hydrogens (tertiary/aromatic N) is 3. The predicted molar refractivity (Wildman–Crippen MR) is 260 cm³/mol. The average molecular weight is 808 g/mol. The molecule has 2 heterocycles. The van der Waals surface area contributed by atoms with Gasteiger partial charge in [-0.25, -0.2) is 4.98 Å². The van der Waals surface area contributed by atoms with Crippen molar-refractivity contribution < 1.29 is 0 Å². The number of rotatable bonds is 6. The Labute approximate surface area is 364 Å². The summed E-state index contributed by atoms with van der Waals surface area (Å²) in [5.41, 5.74) is 16.3. The van der Waals surface area contributed by atoms with Crippen LogP contribution in [-0.4, -0.2) is 4.98 Å². The van der Waals surface area contributed by atoms with E-state index in [1.54, 1.807) is 0 Å². The van der Waals surface area contributed by atoms with Crippen molar-refractivity contribution in [2.75, 3.05) is 9.80 Å². The van der Waals surface area contributed by atoms with Crippen molar-refractivity contribution in [3.05, 3.63) is 247 Å². The van der Waals surface area contributed by atoms with E-state index in [1.807, 2.05) is 17.5 Å². The van der Waals surface area contributed by atoms with E-state index in [0.717, 1.165) is 39.0 Å². The molecule has 0 fully saturated rings. The second-order valence-electron chi connectivity index (χ2n) is 16.3. The van der Waals surface area contributed by atoms with Crippen LogP contribution in [0.15, 0.2) is 225 Å². The first-order valence-corrected chi connectivity index (χ1v) is 22.0. The molecule has 0 unspecified atom stereocenters. The first-order chi connectivity index (χ1) is 30.8. The van der Waals surface area contributed by atoms with Crippen molar-refractivity contribution >= 4 is 76.5 Å². The molecule has 2 aliphatic carbocycles. The minimum atomic E-state index is -0.671. The number of thiophene rings is 1. The fourth-order valence-electron chi connectivity index (χ4n) is 10.6. The lowest BCUT2D eigenvalue weighted by atomic mass is 9.61. The molecule has 2 aromatic heterocycles. The van der Waals surface area contributed by atoms with Crippen LogP contribution in [0.4, 0.5) is 34.1 Å². The van der Waals surface area contributed by atoms with E-state index < -0.39 is 5.41 Å². The lowest BCUT2D eigenvalue weighted by Crippen LogP contribution is -2.32. The maximum Gasteiger partial charge on any atom is 0.124 e. The number of hydrogen-bond donors (Lipinski definition) is 0. The topological polar surface area (TPSA) is 19.4 Å². The summed E-state index contributed by atoms with van der Waals surface area (Å²) in [5, 5.41) is 5.01. The van der Waals surface area contributed by atoms with Crippen LogP contribution < -0.4 is 9.80 Å². The number of fused-ring (bicyclic) bond motifs is 13. The number of aromatic nitrogens is 1. The smallest absolute Gasteiger partial charge is 0.124 e. The van der Waals surface area contributed by atoms with Gasteiger partial charge in [0.15, 0.2) is 0 Å². The molecule has 11 aromatic rings. The number of para-hydroxylation sites is 4. The number of pyridine rings is 1. The maximum atomic E-state index is 4.91. The third kappa shape index (κ3) is 4.96. The van der Waals surface area contributed by atoms with Gasteiger partial charge in [-0.1, -0.05) is 133 Å². The van der Waals surface area contributed by atoms with Crippen LogP contribution in [-0.2, 0) is 5.41 Å². The van der Waals surface area contributed by atoms with Crippen LogP contribution in [0.3, 0.4) is 0 Å². The Morgan fingerprint density at radius 3 is 1.45 bits per heavy atom. The van der Waals surface area contributed by atoms with E-state index in [1.165, 1.54) is 70.8 Å². The van der Waals surface area contributed by atoms with Gasteiger partial charge in [-0.05, 0) is 135 Å². The van der Waals surface area contributed by atoms with Gasteiger partial charge < -0.3 is 9.80 Å². The highest BCUT2D eigenvalue weighted by atomic mass is 32.1. The van der Waals surface area contributed by atoms with Crippen molar-refractivity contribution in [1.29, 1.82) is 0 Å². The van der Waals surface area contributed by atoms with E-state index >= 15 is 0 Å². The molecule has 4 heteroatoms. The Morgan fingerprint density at radius 1 is 0.371 bits per heavy atom. The molecule has 0 saturated carbocycles. The Hall–Kier alpha value is -7.79. The van der Waals surface area contributed by atoms with Gasteiger partial charge in [0.2, 0.25) is 0 Å². The highest BCUT2D eigenvalue weighted by molar-refractivity contribution is 7.26. The van der Waals surface area contributed by atoms with Crippen LogP contribution in [0.2, 0.25) is 0 Å². The molecule has 0 atom stereocenters. The molecule has 9 aromatic carbocycles. The zero-order chi connectivity index (χ0) is 40.8. The molecule has 2 aliphatic rings. The van der Waals surface area contributed by atoms with Gasteiger partial charge in [-0.3, -0.25) is 0 Å². The summed E-state index contributed by atoms with van der Waals surface area (Å²) in [6.07, 6.45) is 1.92. The average Bonchev–Trinajstić information content (AvgIpc) is 3.85. The van der Waals surface area contributed by atoms with Crippen LogP contribution in [0, 0.1) is 0 Å². The zero-order valence-corrected chi connectivity index (χ0v) is 34.4. The zero-order valence-electron chi connectivity index (χ0n) is 33.6. The van der Waals surface area contributed by atoms with Gasteiger partial charge in [0, 0.05) is 61.4 Å². The highest BCUT2D eigenvalue weighted by Crippen LogP contribution is 2.64. The first-order valence-electron chi connectivity index (χ1n) is 21.2. The summed E-state index contributed by atoms with van der Waals surface area (Å²) >= 11 is 1.82. The number of benzene rings is 9. The molecule has 3 nitrogen and oxygen atoms in total. The van der Waals surface area contributed by atoms with E-state index in [2.05, 4.69) is 228 Å². The lowest BCUT2D eigenvalue weighted by Gasteiger charge is -2.41. The summed E-state index contributed by atoms with van der Waals surface area (Å²) in [5.74, 6) is 0. The summed E-state index contributed by atoms with van der Waals surface area (Å²) < 4.78 is 1.28. The van der Waals surface area contributed by atoms with Gasteiger partial charge in [-0.2, -0.15) is 0 Å². The number of anilines is 6. The molecule has 0 aliphatic heterocycles. The van der Waals surface area contributed by atoms with Crippen molar-refractivity contribution in [3.8, 4) is 22.3 Å². The molecule has 290 valence electrons. The largest absolute Gasteiger partial charge is 0.310 e. The van der Waals surface area contributed by atoms with E-state index in [-0.39, 0.29) is 0 Å². The Morgan fingerprint density at radius 2 is 0.903 bits per heavy atom. The van der Waals surface area contributed by atoms with Crippen LogP contribution in [0.1, 0.15) is 22.3 Å². The minimum absolute atomic E-state index is 0.671. The van der Waals surface area contributed by atoms with Crippen molar-refractivity contribution in [2.45, 2.75) is 5.41 Å². The summed E-state index contributed by atoms with van der Waals surface area (Å²) in [6, 6.07) is 80.3. The van der Waals surface area contributed by atoms with E-state index in [0.29, 0.717) is 0 Å². The molecule has 13 rings (SSSR count). The second kappa shape index (κ2) is 13.6. The Bertz CT molecular complexity index is 3310. The standard InChI is InChI=1S/C58H37N3S/c1-5-18-39(19-6-1)60(40-20-7-2-8-21-40)43-29-31-45-46-32-30-44(61(41-22-9-3-10-23-41)42-24-11-4-12-25-42)37-53(46)58(52(45)36-43)50-28-14-17-38-16-13-26-49(54(38)50)55-51(58)34-33-47-48-27-15-35-59-57(48)62-56(47)55/h1-37H. The first kappa shape index (κ1) is 35.0. The minimum Gasteiger partial charge on any atom is -0.310 e. The molecular formula is C58H37N3S. The molecule has 0 radical (unpaired) electrons. The quantitative estimate of drug-likeness (QED) is 0.167. The number of hydrogen-bond acceptors (Lipinski definition) is 4. The van der Waals surface area contributed by atoms with Crippen molar-refractivity contribution in [1.82, 2.24) is 4.98 Å². The fraction of sp³-hybridized carbons (Fsp3) is 0.0172. The van der Waals surface area contributed by atoms with Crippen LogP contribution in [0.5, 0.6) is 0 Å². The normalized spacial score (nSPS) is 13.0. The third-order valence-corrected chi connectivity index (χ3v) is 14.2. The van der Waals surface area contributed by atoms with Crippen molar-refractivity contribution in [3.63, 3.8) is 0 Å². The van der Waals surface area contributed by atoms with Gasteiger partial charge in [0.25, 0.3) is 0 Å². The third-order valence-electron chi connectivity index (χ3n) is 13.1. The molecule has 0 amide bonds. The van der Waals surface area contributed by atoms with E-state index in [9.17, 15) is 0 Å². The molecule has 62 heavy (non-hydrogen) atoms. The molecule has 1 spiro atoms. The summed E-state index contributed by atoms with van der Waals surface area (Å²) in [4.78, 5) is 10.8. The van der Waals surface area contributed by atoms with Crippen LogP contribution >= 0.6 is 11.3 Å². The molecule has 0 N–H and O–H groups in total. The monoisotopic (exact) mass is 807 g/mol. The molecule has 0 saturated heterocycles. The van der Waals surface area contributed by atoms with Gasteiger partial charge in [0.1, 0.15) is 4.83 Å². The predicted octanol–water partition coefficient (Wildman–Crippen LogP) is 15.9. The summed E-state index contributed by atoms with van der Waals surface area (Å²) in [6.45, 7) is 0. The van der Waals surface area contributed by atoms with Crippen LogP contribution in [0.25, 0.3) is 53.3 Å². The maximum absolute atomic E-state index is 4.91. The van der Waals surface area contributed by atoms with Gasteiger partial charge in [-0.15, -0.1) is 11.3 Å². The van der Waals surface area contributed by atoms with E-state index in [4.69, 9.17) is 4.98 Å². The fourth-order valence-corrected chi connectivity index (χ4v) is 11.8. The van der Waals surface area contributed by atoms with Gasteiger partial charge >= 0.3 is 0 Å². The molecule has 0 bridgehead atoms. The SMILES string of the molecule is c1ccc(N(c2ccccc2)c2ccc3c(c2)C2(c4cc(N(c5ccccc5)c5ccccc5)ccc4-3)c3ccc4c(sc5ncccc54)c3-c3cccc4cccc2c34)cc1.